The predicted octanol–water partition coefficient (Wildman–Crippen LogP) is 2.59. The summed E-state index contributed by atoms with van der Waals surface area (Å²) in [5, 5.41) is 9.56. The van der Waals surface area contributed by atoms with E-state index in [1.807, 2.05) is 0 Å². The molecule has 1 heterocycles. The van der Waals surface area contributed by atoms with E-state index in [4.69, 9.17) is 0 Å². The van der Waals surface area contributed by atoms with E-state index in [0.717, 1.165) is 6.42 Å². The summed E-state index contributed by atoms with van der Waals surface area (Å²) in [5.41, 5.74) is 0.684. The highest BCUT2D eigenvalue weighted by atomic mass is 35.5. The largest absolute Gasteiger partial charge is 0.392 e. The van der Waals surface area contributed by atoms with Crippen LogP contribution in [0, 0.1) is 11.8 Å². The van der Waals surface area contributed by atoms with E-state index in [2.05, 4.69) is 15.7 Å². The lowest BCUT2D eigenvalue weighted by Gasteiger charge is -2.33. The first kappa shape index (κ1) is 20.8. The Kier molecular flexibility index (Phi) is 7.54. The number of halogens is 4. The Morgan fingerprint density at radius 2 is 2.08 bits per heavy atom. The average molecular weight is 369 g/mol. The Morgan fingerprint density at radius 3 is 2.62 bits per heavy atom. The second-order valence-electron chi connectivity index (χ2n) is 6.11. The topological polar surface area (TPSA) is 59.0 Å². The van der Waals surface area contributed by atoms with Crippen LogP contribution < -0.4 is 10.6 Å². The first-order valence-corrected chi connectivity index (χ1v) is 7.83. The quantitative estimate of drug-likeness (QED) is 0.839. The molecular weight excluding hydrogens is 345 g/mol. The average Bonchev–Trinajstić information content (AvgIpc) is 2.91. The Balaban J connectivity index is 0.00000288. The predicted molar refractivity (Wildman–Crippen MR) is 86.8 cm³/mol. The van der Waals surface area contributed by atoms with E-state index >= 15 is 0 Å². The van der Waals surface area contributed by atoms with Crippen molar-refractivity contribution in [2.75, 3.05) is 13.6 Å². The van der Waals surface area contributed by atoms with E-state index in [1.165, 1.54) is 0 Å². The molecule has 1 aromatic heterocycles. The minimum absolute atomic E-state index is 0. The maximum absolute atomic E-state index is 13.1. The molecule has 3 unspecified atom stereocenters. The number of carbonyl (C=O) groups is 1. The molecule has 1 fully saturated rings. The molecule has 1 aliphatic carbocycles. The van der Waals surface area contributed by atoms with Gasteiger partial charge in [-0.3, -0.25) is 9.48 Å². The molecule has 9 heteroatoms. The van der Waals surface area contributed by atoms with Gasteiger partial charge in [0, 0.05) is 25.4 Å². The number of amides is 1. The molecule has 0 saturated heterocycles. The zero-order valence-corrected chi connectivity index (χ0v) is 14.6. The molecule has 0 aliphatic heterocycles. The van der Waals surface area contributed by atoms with Gasteiger partial charge in [-0.25, -0.2) is 0 Å². The lowest BCUT2D eigenvalue weighted by Crippen LogP contribution is -2.43. The zero-order chi connectivity index (χ0) is 17.0. The molecule has 138 valence electrons. The summed E-state index contributed by atoms with van der Waals surface area (Å²) in [6.45, 7) is 0.0570. The molecule has 1 aliphatic rings. The number of alkyl halides is 3. The molecular formula is C15H24ClF3N4O. The van der Waals surface area contributed by atoms with E-state index in [1.54, 1.807) is 31.2 Å². The van der Waals surface area contributed by atoms with Crippen molar-refractivity contribution >= 4 is 18.3 Å². The fourth-order valence-electron chi connectivity index (χ4n) is 3.26. The van der Waals surface area contributed by atoms with Gasteiger partial charge in [0.1, 0.15) is 6.04 Å². The minimum atomic E-state index is -4.19. The van der Waals surface area contributed by atoms with Gasteiger partial charge >= 0.3 is 6.18 Å². The third kappa shape index (κ3) is 5.11. The van der Waals surface area contributed by atoms with Crippen molar-refractivity contribution in [2.24, 2.45) is 18.9 Å². The van der Waals surface area contributed by atoms with Gasteiger partial charge in [-0.05, 0) is 25.8 Å². The highest BCUT2D eigenvalue weighted by Gasteiger charge is 2.45. The highest BCUT2D eigenvalue weighted by Crippen LogP contribution is 2.41. The lowest BCUT2D eigenvalue weighted by atomic mass is 9.78. The maximum atomic E-state index is 13.1. The van der Waals surface area contributed by atoms with Crippen LogP contribution in [-0.2, 0) is 11.8 Å². The second-order valence-corrected chi connectivity index (χ2v) is 6.11. The number of likely N-dealkylation sites (N-methyl/N-ethyl adjacent to an activating group) is 1. The Labute approximate surface area is 145 Å². The smallest absolute Gasteiger partial charge is 0.354 e. The SMILES string of the molecule is CNC(C(=O)NCC1CCCCC1C(F)(F)F)c1cnn(C)c1.Cl. The summed E-state index contributed by atoms with van der Waals surface area (Å²) in [6, 6.07) is -0.614. The Morgan fingerprint density at radius 1 is 1.42 bits per heavy atom. The number of rotatable bonds is 5. The number of hydrogen-bond donors (Lipinski definition) is 2. The summed E-state index contributed by atoms with van der Waals surface area (Å²) >= 11 is 0. The number of nitrogens with one attached hydrogen (secondary N) is 2. The molecule has 0 spiro atoms. The Bertz CT molecular complexity index is 535. The van der Waals surface area contributed by atoms with Crippen LogP contribution in [0.5, 0.6) is 0 Å². The van der Waals surface area contributed by atoms with Gasteiger partial charge in [0.05, 0.1) is 12.1 Å². The van der Waals surface area contributed by atoms with Crippen LogP contribution in [0.25, 0.3) is 0 Å². The normalized spacial score (nSPS) is 22.5. The van der Waals surface area contributed by atoms with Gasteiger partial charge in [-0.15, -0.1) is 12.4 Å². The highest BCUT2D eigenvalue weighted by molar-refractivity contribution is 5.85. The minimum Gasteiger partial charge on any atom is -0.354 e. The number of aryl methyl sites for hydroxylation is 1. The first-order valence-electron chi connectivity index (χ1n) is 7.83. The molecule has 1 amide bonds. The number of nitrogens with zero attached hydrogens (tertiary/aromatic N) is 2. The van der Waals surface area contributed by atoms with Crippen molar-refractivity contribution < 1.29 is 18.0 Å². The van der Waals surface area contributed by atoms with E-state index < -0.39 is 24.1 Å². The summed E-state index contributed by atoms with van der Waals surface area (Å²) < 4.78 is 40.8. The van der Waals surface area contributed by atoms with Crippen molar-refractivity contribution in [3.05, 3.63) is 18.0 Å². The van der Waals surface area contributed by atoms with Gasteiger partial charge in [0.2, 0.25) is 5.91 Å². The van der Waals surface area contributed by atoms with E-state index in [0.29, 0.717) is 18.4 Å². The van der Waals surface area contributed by atoms with Gasteiger partial charge in [0.15, 0.2) is 0 Å². The number of hydrogen-bond acceptors (Lipinski definition) is 3. The summed E-state index contributed by atoms with van der Waals surface area (Å²) in [7, 11) is 3.38. The summed E-state index contributed by atoms with van der Waals surface area (Å²) in [4.78, 5) is 12.3. The van der Waals surface area contributed by atoms with Crippen LogP contribution in [0.3, 0.4) is 0 Å². The van der Waals surface area contributed by atoms with Crippen LogP contribution >= 0.6 is 12.4 Å². The monoisotopic (exact) mass is 368 g/mol. The Hall–Kier alpha value is -1.28. The van der Waals surface area contributed by atoms with Crippen LogP contribution in [0.2, 0.25) is 0 Å². The number of aromatic nitrogens is 2. The standard InChI is InChI=1S/C15H23F3N4O.ClH/c1-19-13(11-8-21-22(2)9-11)14(23)20-7-10-5-3-4-6-12(10)15(16,17)18;/h8-10,12-13,19H,3-7H2,1-2H3,(H,20,23);1H. The molecule has 2 rings (SSSR count). The van der Waals surface area contributed by atoms with Crippen LogP contribution in [0.15, 0.2) is 12.4 Å². The third-order valence-electron chi connectivity index (χ3n) is 4.48. The van der Waals surface area contributed by atoms with Gasteiger partial charge in [0.25, 0.3) is 0 Å². The fraction of sp³-hybridized carbons (Fsp3) is 0.733. The van der Waals surface area contributed by atoms with Crippen LogP contribution in [0.1, 0.15) is 37.3 Å². The maximum Gasteiger partial charge on any atom is 0.392 e. The molecule has 1 saturated carbocycles. The third-order valence-corrected chi connectivity index (χ3v) is 4.48. The van der Waals surface area contributed by atoms with Crippen molar-refractivity contribution in [2.45, 2.75) is 37.9 Å². The molecule has 0 aromatic carbocycles. The van der Waals surface area contributed by atoms with E-state index in [-0.39, 0.29) is 31.3 Å². The van der Waals surface area contributed by atoms with Crippen molar-refractivity contribution in [1.82, 2.24) is 20.4 Å². The van der Waals surface area contributed by atoms with Crippen LogP contribution in [0.4, 0.5) is 13.2 Å². The van der Waals surface area contributed by atoms with Crippen molar-refractivity contribution in [3.63, 3.8) is 0 Å². The molecule has 3 atom stereocenters. The van der Waals surface area contributed by atoms with Crippen molar-refractivity contribution in [1.29, 1.82) is 0 Å². The van der Waals surface area contributed by atoms with Crippen LogP contribution in [-0.4, -0.2) is 35.5 Å². The zero-order valence-electron chi connectivity index (χ0n) is 13.8. The number of carbonyl (C=O) groups excluding carboxylic acids is 1. The molecule has 0 radical (unpaired) electrons. The van der Waals surface area contributed by atoms with Gasteiger partial charge in [-0.2, -0.15) is 18.3 Å². The van der Waals surface area contributed by atoms with Gasteiger partial charge in [-0.1, -0.05) is 12.8 Å². The van der Waals surface area contributed by atoms with E-state index in [9.17, 15) is 18.0 Å². The molecule has 1 aromatic rings. The molecule has 0 bridgehead atoms. The second kappa shape index (κ2) is 8.71. The van der Waals surface area contributed by atoms with Crippen molar-refractivity contribution in [3.8, 4) is 0 Å². The first-order chi connectivity index (χ1) is 10.8. The molecule has 24 heavy (non-hydrogen) atoms. The molecule has 5 nitrogen and oxygen atoms in total. The fourth-order valence-corrected chi connectivity index (χ4v) is 3.26. The summed E-state index contributed by atoms with van der Waals surface area (Å²) in [6.07, 6.45) is 1.12. The summed E-state index contributed by atoms with van der Waals surface area (Å²) in [5.74, 6) is -2.19. The lowest BCUT2D eigenvalue weighted by molar-refractivity contribution is -0.195. The molecule has 2 N–H and O–H groups in total. The van der Waals surface area contributed by atoms with Gasteiger partial charge < -0.3 is 10.6 Å².